The Morgan fingerprint density at radius 1 is 1.64 bits per heavy atom. The van der Waals surface area contributed by atoms with E-state index in [0.717, 1.165) is 12.1 Å². The van der Waals surface area contributed by atoms with Gasteiger partial charge in [0, 0.05) is 12.7 Å². The van der Waals surface area contributed by atoms with Crippen molar-refractivity contribution in [2.45, 2.75) is 19.3 Å². The van der Waals surface area contributed by atoms with E-state index in [0.29, 0.717) is 6.54 Å². The van der Waals surface area contributed by atoms with Crippen LogP contribution < -0.4 is 4.90 Å². The van der Waals surface area contributed by atoms with Crippen molar-refractivity contribution in [2.75, 3.05) is 11.4 Å². The van der Waals surface area contributed by atoms with Crippen LogP contribution in [0.1, 0.15) is 6.92 Å². The second-order valence-corrected chi connectivity index (χ2v) is 3.31. The van der Waals surface area contributed by atoms with E-state index < -0.39 is 6.23 Å². The van der Waals surface area contributed by atoms with Gasteiger partial charge < -0.3 is 9.64 Å². The van der Waals surface area contributed by atoms with Crippen LogP contribution in [0.2, 0.25) is 0 Å². The quantitative estimate of drug-likeness (QED) is 0.651. The molecule has 0 radical (unpaired) electrons. The highest BCUT2D eigenvalue weighted by atomic mass is 16.5. The molecule has 1 fully saturated rings. The zero-order chi connectivity index (χ0) is 9.97. The average Bonchev–Trinajstić information content (AvgIpc) is 2.61. The molecule has 0 bridgehead atoms. The molecular weight excluding hydrogens is 180 g/mol. The van der Waals surface area contributed by atoms with E-state index in [-0.39, 0.29) is 6.10 Å². The van der Waals surface area contributed by atoms with Crippen molar-refractivity contribution < 1.29 is 9.53 Å². The number of hydrogen-bond acceptors (Lipinski definition) is 4. The average molecular weight is 192 g/mol. The van der Waals surface area contributed by atoms with E-state index >= 15 is 0 Å². The van der Waals surface area contributed by atoms with Gasteiger partial charge in [0.15, 0.2) is 12.5 Å². The van der Waals surface area contributed by atoms with Crippen LogP contribution in [-0.2, 0) is 9.53 Å². The van der Waals surface area contributed by atoms with Crippen LogP contribution in [0.4, 0.5) is 5.82 Å². The van der Waals surface area contributed by atoms with Gasteiger partial charge in [0.25, 0.3) is 0 Å². The molecule has 2 rings (SSSR count). The zero-order valence-corrected chi connectivity index (χ0v) is 7.96. The minimum Gasteiger partial charge on any atom is -0.346 e. The maximum atomic E-state index is 10.7. The van der Waals surface area contributed by atoms with Crippen LogP contribution in [0.5, 0.6) is 0 Å². The van der Waals surface area contributed by atoms with Gasteiger partial charge in [-0.15, -0.1) is 0 Å². The number of ether oxygens (including phenoxy) is 1. The molecule has 1 aliphatic rings. The van der Waals surface area contributed by atoms with Crippen LogP contribution in [0.3, 0.4) is 0 Å². The Labute approximate surface area is 82.5 Å². The predicted octanol–water partition coefficient (Wildman–Crippen LogP) is 0.832. The summed E-state index contributed by atoms with van der Waals surface area (Å²) in [6.07, 6.45) is 2.10. The molecule has 1 aliphatic heterocycles. The summed E-state index contributed by atoms with van der Waals surface area (Å²) in [6.45, 7) is 2.65. The second-order valence-electron chi connectivity index (χ2n) is 3.31. The molecule has 4 heteroatoms. The molecule has 2 heterocycles. The Bertz CT molecular complexity index is 315. The van der Waals surface area contributed by atoms with Crippen LogP contribution >= 0.6 is 0 Å². The lowest BCUT2D eigenvalue weighted by molar-refractivity contribution is -0.116. The highest BCUT2D eigenvalue weighted by Crippen LogP contribution is 2.20. The Morgan fingerprint density at radius 2 is 2.50 bits per heavy atom. The van der Waals surface area contributed by atoms with Gasteiger partial charge in [-0.1, -0.05) is 6.07 Å². The number of hydrogen-bond donors (Lipinski definition) is 0. The summed E-state index contributed by atoms with van der Waals surface area (Å²) >= 11 is 0. The first-order valence-electron chi connectivity index (χ1n) is 4.59. The largest absolute Gasteiger partial charge is 0.346 e. The normalized spacial score (nSPS) is 26.5. The van der Waals surface area contributed by atoms with Gasteiger partial charge in [-0.2, -0.15) is 0 Å². The molecule has 4 nitrogen and oxygen atoms in total. The summed E-state index contributed by atoms with van der Waals surface area (Å²) < 4.78 is 5.40. The van der Waals surface area contributed by atoms with Crippen molar-refractivity contribution in [3.63, 3.8) is 0 Å². The van der Waals surface area contributed by atoms with E-state index in [2.05, 4.69) is 4.98 Å². The molecular formula is C10H12N2O2. The number of carbonyl (C=O) groups is 1. The lowest BCUT2D eigenvalue weighted by Crippen LogP contribution is -2.31. The molecule has 0 aliphatic carbocycles. The summed E-state index contributed by atoms with van der Waals surface area (Å²) in [5.74, 6) is 0.786. The molecule has 74 valence electrons. The predicted molar refractivity (Wildman–Crippen MR) is 52.0 cm³/mol. The van der Waals surface area contributed by atoms with Gasteiger partial charge in [-0.3, -0.25) is 4.79 Å². The van der Waals surface area contributed by atoms with Gasteiger partial charge >= 0.3 is 0 Å². The van der Waals surface area contributed by atoms with Crippen molar-refractivity contribution in [2.24, 2.45) is 0 Å². The van der Waals surface area contributed by atoms with Gasteiger partial charge in [0.2, 0.25) is 0 Å². The number of aromatic nitrogens is 1. The van der Waals surface area contributed by atoms with E-state index in [4.69, 9.17) is 4.74 Å². The maximum absolute atomic E-state index is 10.7. The topological polar surface area (TPSA) is 42.4 Å². The fraction of sp³-hybridized carbons (Fsp3) is 0.400. The fourth-order valence-electron chi connectivity index (χ4n) is 1.59. The second kappa shape index (κ2) is 3.75. The fourth-order valence-corrected chi connectivity index (χ4v) is 1.59. The minimum atomic E-state index is -0.486. The molecule has 0 N–H and O–H groups in total. The van der Waals surface area contributed by atoms with Gasteiger partial charge in [0.1, 0.15) is 5.82 Å². The van der Waals surface area contributed by atoms with E-state index in [9.17, 15) is 4.79 Å². The third-order valence-electron chi connectivity index (χ3n) is 2.19. The molecule has 0 amide bonds. The summed E-state index contributed by atoms with van der Waals surface area (Å²) in [5.41, 5.74) is 0. The highest BCUT2D eigenvalue weighted by Gasteiger charge is 2.30. The van der Waals surface area contributed by atoms with E-state index in [1.807, 2.05) is 30.0 Å². The molecule has 1 aromatic heterocycles. The van der Waals surface area contributed by atoms with Crippen LogP contribution in [0, 0.1) is 0 Å². The van der Waals surface area contributed by atoms with Gasteiger partial charge in [0.05, 0.1) is 6.10 Å². The first-order valence-corrected chi connectivity index (χ1v) is 4.59. The molecule has 0 aromatic carbocycles. The number of aldehydes is 1. The van der Waals surface area contributed by atoms with E-state index in [1.165, 1.54) is 0 Å². The van der Waals surface area contributed by atoms with Crippen molar-refractivity contribution in [1.82, 2.24) is 4.98 Å². The summed E-state index contributed by atoms with van der Waals surface area (Å²) in [4.78, 5) is 16.8. The van der Waals surface area contributed by atoms with Gasteiger partial charge in [-0.05, 0) is 19.1 Å². The third kappa shape index (κ3) is 1.61. The zero-order valence-electron chi connectivity index (χ0n) is 7.96. The molecule has 1 aromatic rings. The molecule has 1 saturated heterocycles. The number of rotatable bonds is 2. The Morgan fingerprint density at radius 3 is 3.14 bits per heavy atom. The first-order chi connectivity index (χ1) is 6.81. The molecule has 2 unspecified atom stereocenters. The summed E-state index contributed by atoms with van der Waals surface area (Å²) in [6, 6.07) is 5.62. The summed E-state index contributed by atoms with van der Waals surface area (Å²) in [5, 5.41) is 0. The Balaban J connectivity index is 2.22. The summed E-state index contributed by atoms with van der Waals surface area (Å²) in [7, 11) is 0. The SMILES string of the molecule is CC1CN(c2ccccn2)C(C=O)O1. The standard InChI is InChI=1S/C10H12N2O2/c1-8-6-12(10(7-13)14-8)9-4-2-3-5-11-9/h2-5,7-8,10H,6H2,1H3. The highest BCUT2D eigenvalue weighted by molar-refractivity contribution is 5.63. The number of carbonyl (C=O) groups excluding carboxylic acids is 1. The van der Waals surface area contributed by atoms with Crippen LogP contribution in [0.25, 0.3) is 0 Å². The minimum absolute atomic E-state index is 0.0761. The lowest BCUT2D eigenvalue weighted by atomic mass is 10.3. The molecule has 2 atom stereocenters. The van der Waals surface area contributed by atoms with Crippen molar-refractivity contribution in [3.8, 4) is 0 Å². The van der Waals surface area contributed by atoms with Crippen molar-refractivity contribution in [1.29, 1.82) is 0 Å². The van der Waals surface area contributed by atoms with Crippen LogP contribution in [-0.4, -0.2) is 30.1 Å². The first kappa shape index (κ1) is 9.15. The van der Waals surface area contributed by atoms with Gasteiger partial charge in [-0.25, -0.2) is 4.98 Å². The smallest absolute Gasteiger partial charge is 0.188 e. The Kier molecular flexibility index (Phi) is 2.45. The number of nitrogens with zero attached hydrogens (tertiary/aromatic N) is 2. The van der Waals surface area contributed by atoms with Crippen LogP contribution in [0.15, 0.2) is 24.4 Å². The Hall–Kier alpha value is -1.42. The molecule has 14 heavy (non-hydrogen) atoms. The van der Waals surface area contributed by atoms with E-state index in [1.54, 1.807) is 6.20 Å². The number of anilines is 1. The molecule has 0 saturated carbocycles. The lowest BCUT2D eigenvalue weighted by Gasteiger charge is -2.18. The number of pyridine rings is 1. The maximum Gasteiger partial charge on any atom is 0.188 e. The monoisotopic (exact) mass is 192 g/mol. The third-order valence-corrected chi connectivity index (χ3v) is 2.19. The molecule has 0 spiro atoms. The van der Waals surface area contributed by atoms with Crippen molar-refractivity contribution >= 4 is 12.1 Å². The van der Waals surface area contributed by atoms with Crippen molar-refractivity contribution in [3.05, 3.63) is 24.4 Å².